The van der Waals surface area contributed by atoms with Crippen molar-refractivity contribution in [2.24, 2.45) is 13.0 Å². The van der Waals surface area contributed by atoms with Crippen molar-refractivity contribution in [2.45, 2.75) is 29.7 Å². The molecule has 2 fully saturated rings. The summed E-state index contributed by atoms with van der Waals surface area (Å²) in [6.07, 6.45) is 2.38. The van der Waals surface area contributed by atoms with Crippen LogP contribution in [0.15, 0.2) is 46.5 Å². The zero-order valence-electron chi connectivity index (χ0n) is 18.8. The van der Waals surface area contributed by atoms with Crippen LogP contribution in [0.25, 0.3) is 0 Å². The van der Waals surface area contributed by atoms with Crippen molar-refractivity contribution in [3.8, 4) is 0 Å². The van der Waals surface area contributed by atoms with Gasteiger partial charge < -0.3 is 9.47 Å². The molecule has 0 N–H and O–H groups in total. The van der Waals surface area contributed by atoms with Gasteiger partial charge in [-0.05, 0) is 31.9 Å². The van der Waals surface area contributed by atoms with Gasteiger partial charge in [-0.3, -0.25) is 4.79 Å². The van der Waals surface area contributed by atoms with E-state index in [1.54, 1.807) is 53.8 Å². The predicted molar refractivity (Wildman–Crippen MR) is 121 cm³/mol. The second-order valence-electron chi connectivity index (χ2n) is 8.46. The van der Waals surface area contributed by atoms with Crippen LogP contribution in [0, 0.1) is 12.8 Å². The number of benzene rings is 1. The second-order valence-corrected chi connectivity index (χ2v) is 12.3. The number of imidazole rings is 1. The van der Waals surface area contributed by atoms with Crippen molar-refractivity contribution >= 4 is 26.0 Å². The largest absolute Gasteiger partial charge is 0.340 e. The minimum absolute atomic E-state index is 0.0301. The first-order valence-corrected chi connectivity index (χ1v) is 13.8. The number of carbonyl (C=O) groups excluding carboxylic acids is 1. The number of carbonyl (C=O) groups is 1. The third kappa shape index (κ3) is 4.70. The number of piperazine rings is 1. The lowest BCUT2D eigenvalue weighted by molar-refractivity contribution is -0.137. The number of piperidine rings is 1. The highest BCUT2D eigenvalue weighted by Crippen LogP contribution is 2.26. The number of hydrogen-bond donors (Lipinski definition) is 0. The fourth-order valence-corrected chi connectivity index (χ4v) is 7.21. The highest BCUT2D eigenvalue weighted by molar-refractivity contribution is 7.89. The molecule has 2 aliphatic heterocycles. The van der Waals surface area contributed by atoms with Crippen molar-refractivity contribution < 1.29 is 21.6 Å². The first-order valence-electron chi connectivity index (χ1n) is 10.9. The number of aryl methyl sites for hydroxylation is 2. The number of hydrogen-bond acceptors (Lipinski definition) is 6. The minimum atomic E-state index is -3.68. The smallest absolute Gasteiger partial charge is 0.262 e. The third-order valence-electron chi connectivity index (χ3n) is 6.43. The molecular weight excluding hydrogens is 466 g/mol. The molecule has 12 heteroatoms. The molecule has 2 aromatic rings. The van der Waals surface area contributed by atoms with Crippen LogP contribution in [0.3, 0.4) is 0 Å². The maximum absolute atomic E-state index is 13.0. The molecule has 0 unspecified atom stereocenters. The van der Waals surface area contributed by atoms with Gasteiger partial charge in [-0.1, -0.05) is 18.2 Å². The van der Waals surface area contributed by atoms with E-state index < -0.39 is 20.0 Å². The van der Waals surface area contributed by atoms with Crippen molar-refractivity contribution in [1.82, 2.24) is 23.1 Å². The van der Waals surface area contributed by atoms with Gasteiger partial charge in [0, 0.05) is 58.4 Å². The zero-order chi connectivity index (χ0) is 23.8. The van der Waals surface area contributed by atoms with Crippen LogP contribution in [0.4, 0.5) is 0 Å². The number of nitrogens with zero attached hydrogens (tertiary/aromatic N) is 5. The van der Waals surface area contributed by atoms with E-state index in [1.165, 1.54) is 14.8 Å². The fourth-order valence-electron chi connectivity index (χ4n) is 4.27. The van der Waals surface area contributed by atoms with Crippen LogP contribution >= 0.6 is 0 Å². The van der Waals surface area contributed by atoms with Crippen molar-refractivity contribution in [1.29, 1.82) is 0 Å². The molecule has 3 heterocycles. The molecule has 0 radical (unpaired) electrons. The highest BCUT2D eigenvalue weighted by atomic mass is 32.2. The Labute approximate surface area is 194 Å². The molecule has 0 saturated carbocycles. The van der Waals surface area contributed by atoms with Crippen molar-refractivity contribution in [3.63, 3.8) is 0 Å². The lowest BCUT2D eigenvalue weighted by Crippen LogP contribution is -2.53. The molecule has 1 aromatic carbocycles. The standard InChI is InChI=1S/C21H29N5O5S2/c1-17-22-20(16-23(17)2)33(30,31)25-10-8-18(9-11-25)21(27)24-12-14-26(15-13-24)32(28,29)19-6-4-3-5-7-19/h3-7,16,18H,8-15H2,1-2H3. The summed E-state index contributed by atoms with van der Waals surface area (Å²) < 4.78 is 55.8. The Kier molecular flexibility index (Phi) is 6.63. The third-order valence-corrected chi connectivity index (χ3v) is 10.1. The van der Waals surface area contributed by atoms with E-state index in [4.69, 9.17) is 0 Å². The maximum Gasteiger partial charge on any atom is 0.262 e. The lowest BCUT2D eigenvalue weighted by Gasteiger charge is -2.37. The summed E-state index contributed by atoms with van der Waals surface area (Å²) in [5, 5.41) is 0.0306. The summed E-state index contributed by atoms with van der Waals surface area (Å²) in [6.45, 7) is 3.42. The lowest BCUT2D eigenvalue weighted by atomic mass is 9.96. The molecule has 2 saturated heterocycles. The van der Waals surface area contributed by atoms with Gasteiger partial charge in [-0.15, -0.1) is 0 Å². The Morgan fingerprint density at radius 1 is 0.879 bits per heavy atom. The van der Waals surface area contributed by atoms with Crippen LogP contribution in [0.1, 0.15) is 18.7 Å². The van der Waals surface area contributed by atoms with E-state index in [2.05, 4.69) is 4.98 Å². The van der Waals surface area contributed by atoms with Crippen LogP contribution in [0.2, 0.25) is 0 Å². The van der Waals surface area contributed by atoms with Crippen molar-refractivity contribution in [2.75, 3.05) is 39.3 Å². The fraction of sp³-hybridized carbons (Fsp3) is 0.524. The molecule has 2 aliphatic rings. The molecule has 1 aromatic heterocycles. The predicted octanol–water partition coefficient (Wildman–Crippen LogP) is 0.662. The Hall–Kier alpha value is -2.28. The molecule has 4 rings (SSSR count). The summed E-state index contributed by atoms with van der Waals surface area (Å²) >= 11 is 0. The summed E-state index contributed by atoms with van der Waals surface area (Å²) in [5.41, 5.74) is 0. The maximum atomic E-state index is 13.0. The zero-order valence-corrected chi connectivity index (χ0v) is 20.4. The quantitative estimate of drug-likeness (QED) is 0.602. The molecule has 180 valence electrons. The molecule has 0 aliphatic carbocycles. The summed E-state index contributed by atoms with van der Waals surface area (Å²) in [7, 11) is -5.51. The van der Waals surface area contributed by atoms with Crippen molar-refractivity contribution in [3.05, 3.63) is 42.4 Å². The molecule has 33 heavy (non-hydrogen) atoms. The van der Waals surface area contributed by atoms with Gasteiger partial charge in [0.1, 0.15) is 5.82 Å². The highest BCUT2D eigenvalue weighted by Gasteiger charge is 2.37. The van der Waals surface area contributed by atoms with Gasteiger partial charge in [-0.2, -0.15) is 8.61 Å². The first-order chi connectivity index (χ1) is 15.6. The van der Waals surface area contributed by atoms with Crippen LogP contribution in [0.5, 0.6) is 0 Å². The Bertz CT molecular complexity index is 1190. The van der Waals surface area contributed by atoms with Crippen LogP contribution in [-0.4, -0.2) is 85.1 Å². The topological polar surface area (TPSA) is 113 Å². The second kappa shape index (κ2) is 9.16. The Morgan fingerprint density at radius 2 is 1.45 bits per heavy atom. The number of aromatic nitrogens is 2. The molecule has 0 bridgehead atoms. The van der Waals surface area contributed by atoms with E-state index in [-0.39, 0.29) is 47.9 Å². The number of rotatable bonds is 5. The Morgan fingerprint density at radius 3 is 2.00 bits per heavy atom. The minimum Gasteiger partial charge on any atom is -0.340 e. The van der Waals surface area contributed by atoms with Gasteiger partial charge in [-0.25, -0.2) is 21.8 Å². The number of sulfonamides is 2. The summed E-state index contributed by atoms with van der Waals surface area (Å²) in [4.78, 5) is 19.1. The van der Waals surface area contributed by atoms with E-state index in [9.17, 15) is 21.6 Å². The van der Waals surface area contributed by atoms with E-state index in [0.29, 0.717) is 31.8 Å². The normalized spacial score (nSPS) is 19.6. The molecular formula is C21H29N5O5S2. The van der Waals surface area contributed by atoms with Gasteiger partial charge in [0.05, 0.1) is 4.90 Å². The number of amides is 1. The monoisotopic (exact) mass is 495 g/mol. The molecule has 0 atom stereocenters. The Balaban J connectivity index is 1.33. The molecule has 1 amide bonds. The summed E-state index contributed by atoms with van der Waals surface area (Å²) in [6, 6.07) is 8.29. The first kappa shape index (κ1) is 23.9. The van der Waals surface area contributed by atoms with E-state index >= 15 is 0 Å². The molecule has 10 nitrogen and oxygen atoms in total. The van der Waals surface area contributed by atoms with Gasteiger partial charge >= 0.3 is 0 Å². The van der Waals surface area contributed by atoms with Gasteiger partial charge in [0.2, 0.25) is 15.9 Å². The van der Waals surface area contributed by atoms with E-state index in [1.807, 2.05) is 0 Å². The SMILES string of the molecule is Cc1nc(S(=O)(=O)N2CCC(C(=O)N3CCN(S(=O)(=O)c4ccccc4)CC3)CC2)cn1C. The van der Waals surface area contributed by atoms with Crippen LogP contribution < -0.4 is 0 Å². The summed E-state index contributed by atoms with van der Waals surface area (Å²) in [5.74, 6) is 0.323. The average Bonchev–Trinajstić information content (AvgIpc) is 3.18. The van der Waals surface area contributed by atoms with E-state index in [0.717, 1.165) is 0 Å². The average molecular weight is 496 g/mol. The van der Waals surface area contributed by atoms with Gasteiger partial charge in [0.15, 0.2) is 5.03 Å². The van der Waals surface area contributed by atoms with Crippen LogP contribution in [-0.2, 0) is 31.9 Å². The van der Waals surface area contributed by atoms with Gasteiger partial charge in [0.25, 0.3) is 10.0 Å². The molecule has 0 spiro atoms.